The van der Waals surface area contributed by atoms with Gasteiger partial charge in [-0.2, -0.15) is 0 Å². The first-order chi connectivity index (χ1) is 12.7. The quantitative estimate of drug-likeness (QED) is 0.346. The molecule has 130 valence electrons. The van der Waals surface area contributed by atoms with Crippen molar-refractivity contribution < 1.29 is 19.1 Å². The van der Waals surface area contributed by atoms with Crippen LogP contribution < -0.4 is 9.47 Å². The molecule has 0 heterocycles. The molecule has 0 aliphatic heterocycles. The molecule has 0 bridgehead atoms. The van der Waals surface area contributed by atoms with Crippen LogP contribution in [0.3, 0.4) is 0 Å². The smallest absolute Gasteiger partial charge is 0.343 e. The fourth-order valence-electron chi connectivity index (χ4n) is 2.39. The Balaban J connectivity index is 1.70. The molecule has 4 nitrogen and oxygen atoms in total. The van der Waals surface area contributed by atoms with Crippen molar-refractivity contribution >= 4 is 11.8 Å². The summed E-state index contributed by atoms with van der Waals surface area (Å²) in [5, 5.41) is 0. The number of carbonyl (C=O) groups is 2. The second-order valence-corrected chi connectivity index (χ2v) is 5.63. The van der Waals surface area contributed by atoms with Gasteiger partial charge in [0.15, 0.2) is 5.78 Å². The van der Waals surface area contributed by atoms with Crippen LogP contribution in [0.1, 0.15) is 34.1 Å². The minimum absolute atomic E-state index is 0.0497. The summed E-state index contributed by atoms with van der Waals surface area (Å²) in [7, 11) is 0. The summed E-state index contributed by atoms with van der Waals surface area (Å²) in [5.74, 6) is 1.19. The Bertz CT molecular complexity index is 899. The van der Waals surface area contributed by atoms with Crippen LogP contribution in [0.15, 0.2) is 78.9 Å². The summed E-state index contributed by atoms with van der Waals surface area (Å²) >= 11 is 0. The normalized spacial score (nSPS) is 10.2. The van der Waals surface area contributed by atoms with E-state index in [2.05, 4.69) is 0 Å². The highest BCUT2D eigenvalue weighted by Crippen LogP contribution is 2.23. The molecule has 0 radical (unpaired) electrons. The van der Waals surface area contributed by atoms with Gasteiger partial charge in [-0.3, -0.25) is 4.79 Å². The Hall–Kier alpha value is -3.40. The van der Waals surface area contributed by atoms with E-state index in [0.29, 0.717) is 34.8 Å². The van der Waals surface area contributed by atoms with Gasteiger partial charge in [0.05, 0.1) is 5.56 Å². The highest BCUT2D eigenvalue weighted by molar-refractivity contribution is 5.96. The van der Waals surface area contributed by atoms with Gasteiger partial charge in [0.1, 0.15) is 17.2 Å². The maximum Gasteiger partial charge on any atom is 0.343 e. The molecule has 0 N–H and O–H groups in total. The van der Waals surface area contributed by atoms with Gasteiger partial charge in [-0.15, -0.1) is 0 Å². The third kappa shape index (κ3) is 4.36. The van der Waals surface area contributed by atoms with Crippen LogP contribution >= 0.6 is 0 Å². The number of ketones is 1. The first-order valence-electron chi connectivity index (χ1n) is 8.34. The Kier molecular flexibility index (Phi) is 5.44. The molecular weight excluding hydrogens is 328 g/mol. The second kappa shape index (κ2) is 8.12. The van der Waals surface area contributed by atoms with Crippen LogP contribution in [0, 0.1) is 0 Å². The topological polar surface area (TPSA) is 52.6 Å². The van der Waals surface area contributed by atoms with Crippen LogP contribution in [0.5, 0.6) is 17.2 Å². The van der Waals surface area contributed by atoms with Crippen molar-refractivity contribution in [3.05, 3.63) is 90.0 Å². The van der Waals surface area contributed by atoms with Gasteiger partial charge in [-0.25, -0.2) is 4.79 Å². The lowest BCUT2D eigenvalue weighted by atomic mass is 10.1. The van der Waals surface area contributed by atoms with Crippen LogP contribution in [-0.2, 0) is 0 Å². The maximum atomic E-state index is 12.3. The van der Waals surface area contributed by atoms with Crippen molar-refractivity contribution in [2.75, 3.05) is 0 Å². The first-order valence-corrected chi connectivity index (χ1v) is 8.34. The van der Waals surface area contributed by atoms with Crippen molar-refractivity contribution in [1.29, 1.82) is 0 Å². The Labute approximate surface area is 152 Å². The predicted octanol–water partition coefficient (Wildman–Crippen LogP) is 5.29. The molecule has 0 saturated carbocycles. The van der Waals surface area contributed by atoms with Gasteiger partial charge in [-0.1, -0.05) is 31.2 Å². The molecule has 0 aromatic heterocycles. The Morgan fingerprint density at radius 1 is 0.731 bits per heavy atom. The van der Waals surface area contributed by atoms with Crippen LogP contribution in [0.2, 0.25) is 0 Å². The van der Waals surface area contributed by atoms with Crippen molar-refractivity contribution in [2.45, 2.75) is 13.3 Å². The molecule has 3 aromatic rings. The average molecular weight is 346 g/mol. The zero-order valence-electron chi connectivity index (χ0n) is 14.3. The maximum absolute atomic E-state index is 12.3. The number of hydrogen-bond donors (Lipinski definition) is 0. The summed E-state index contributed by atoms with van der Waals surface area (Å²) in [5.41, 5.74) is 0.984. The zero-order chi connectivity index (χ0) is 18.4. The SMILES string of the molecule is CCC(=O)c1ccc(OC(=O)c2cccc(Oc3ccccc3)c2)cc1. The predicted molar refractivity (Wildman–Crippen MR) is 99.0 cm³/mol. The fraction of sp³-hybridized carbons (Fsp3) is 0.0909. The highest BCUT2D eigenvalue weighted by Gasteiger charge is 2.11. The standard InChI is InChI=1S/C22H18O4/c1-2-21(23)16-11-13-19(14-12-16)26-22(24)17-7-6-10-20(15-17)25-18-8-4-3-5-9-18/h3-15H,2H2,1H3. The molecule has 0 saturated heterocycles. The number of Topliss-reactive ketones (excluding diaryl/α,β-unsaturated/α-hetero) is 1. The van der Waals surface area contributed by atoms with Gasteiger partial charge >= 0.3 is 5.97 Å². The molecule has 0 aliphatic rings. The summed E-state index contributed by atoms with van der Waals surface area (Å²) in [6.07, 6.45) is 0.438. The number of esters is 1. The molecule has 0 aliphatic carbocycles. The van der Waals surface area contributed by atoms with Crippen LogP contribution in [0.4, 0.5) is 0 Å². The van der Waals surface area contributed by atoms with E-state index >= 15 is 0 Å². The van der Waals surface area contributed by atoms with E-state index in [-0.39, 0.29) is 5.78 Å². The number of rotatable bonds is 6. The molecular formula is C22H18O4. The Morgan fingerprint density at radius 3 is 2.12 bits per heavy atom. The van der Waals surface area contributed by atoms with E-state index in [1.807, 2.05) is 30.3 Å². The van der Waals surface area contributed by atoms with E-state index in [4.69, 9.17) is 9.47 Å². The van der Waals surface area contributed by atoms with Crippen LogP contribution in [-0.4, -0.2) is 11.8 Å². The molecule has 0 unspecified atom stereocenters. The minimum atomic E-state index is -0.488. The van der Waals surface area contributed by atoms with E-state index in [1.54, 1.807) is 55.5 Å². The second-order valence-electron chi connectivity index (χ2n) is 5.63. The lowest BCUT2D eigenvalue weighted by Gasteiger charge is -2.08. The van der Waals surface area contributed by atoms with Gasteiger partial charge < -0.3 is 9.47 Å². The van der Waals surface area contributed by atoms with Crippen molar-refractivity contribution in [2.24, 2.45) is 0 Å². The van der Waals surface area contributed by atoms with Crippen LogP contribution in [0.25, 0.3) is 0 Å². The number of para-hydroxylation sites is 1. The van der Waals surface area contributed by atoms with Gasteiger partial charge in [-0.05, 0) is 54.6 Å². The number of ether oxygens (including phenoxy) is 2. The van der Waals surface area contributed by atoms with Crippen molar-refractivity contribution in [1.82, 2.24) is 0 Å². The van der Waals surface area contributed by atoms with Crippen molar-refractivity contribution in [3.63, 3.8) is 0 Å². The molecule has 4 heteroatoms. The third-order valence-electron chi connectivity index (χ3n) is 3.76. The largest absolute Gasteiger partial charge is 0.457 e. The van der Waals surface area contributed by atoms with E-state index in [9.17, 15) is 9.59 Å². The zero-order valence-corrected chi connectivity index (χ0v) is 14.3. The average Bonchev–Trinajstić information content (AvgIpc) is 2.69. The fourth-order valence-corrected chi connectivity index (χ4v) is 2.39. The molecule has 0 atom stereocenters. The molecule has 3 rings (SSSR count). The monoisotopic (exact) mass is 346 g/mol. The van der Waals surface area contributed by atoms with E-state index < -0.39 is 5.97 Å². The lowest BCUT2D eigenvalue weighted by molar-refractivity contribution is 0.0734. The first kappa shape index (κ1) is 17.4. The van der Waals surface area contributed by atoms with Gasteiger partial charge in [0.2, 0.25) is 0 Å². The minimum Gasteiger partial charge on any atom is -0.457 e. The summed E-state index contributed by atoms with van der Waals surface area (Å²) < 4.78 is 11.1. The molecule has 0 spiro atoms. The lowest BCUT2D eigenvalue weighted by Crippen LogP contribution is -2.08. The summed E-state index contributed by atoms with van der Waals surface area (Å²) in [6, 6.07) is 22.7. The molecule has 3 aromatic carbocycles. The number of carbonyl (C=O) groups excluding carboxylic acids is 2. The van der Waals surface area contributed by atoms with Gasteiger partial charge in [0.25, 0.3) is 0 Å². The molecule has 0 fully saturated rings. The van der Waals surface area contributed by atoms with E-state index in [0.717, 1.165) is 0 Å². The van der Waals surface area contributed by atoms with Crippen molar-refractivity contribution in [3.8, 4) is 17.2 Å². The summed E-state index contributed by atoms with van der Waals surface area (Å²) in [6.45, 7) is 1.81. The number of hydrogen-bond acceptors (Lipinski definition) is 4. The molecule has 26 heavy (non-hydrogen) atoms. The highest BCUT2D eigenvalue weighted by atomic mass is 16.5. The third-order valence-corrected chi connectivity index (χ3v) is 3.76. The molecule has 0 amide bonds. The van der Waals surface area contributed by atoms with E-state index in [1.165, 1.54) is 0 Å². The van der Waals surface area contributed by atoms with Gasteiger partial charge in [0, 0.05) is 12.0 Å². The summed E-state index contributed by atoms with van der Waals surface area (Å²) in [4.78, 5) is 24.0. The number of benzene rings is 3. The Morgan fingerprint density at radius 2 is 1.42 bits per heavy atom.